The largest absolute Gasteiger partial charge is 0.495 e. The van der Waals surface area contributed by atoms with E-state index >= 15 is 0 Å². The lowest BCUT2D eigenvalue weighted by Crippen LogP contribution is -2.22. The summed E-state index contributed by atoms with van der Waals surface area (Å²) >= 11 is 1.51. The molecule has 0 unspecified atom stereocenters. The van der Waals surface area contributed by atoms with Crippen molar-refractivity contribution in [3.63, 3.8) is 0 Å². The molecule has 4 rings (SSSR count). The highest BCUT2D eigenvalue weighted by atomic mass is 32.2. The number of hydrogen-bond acceptors (Lipinski definition) is 5. The van der Waals surface area contributed by atoms with E-state index < -0.39 is 0 Å². The van der Waals surface area contributed by atoms with E-state index in [-0.39, 0.29) is 5.56 Å². The van der Waals surface area contributed by atoms with Crippen molar-refractivity contribution in [1.82, 2.24) is 14.5 Å². The highest BCUT2D eigenvalue weighted by Crippen LogP contribution is 2.28. The first-order valence-electron chi connectivity index (χ1n) is 8.45. The lowest BCUT2D eigenvalue weighted by molar-refractivity contribution is 0.411. The van der Waals surface area contributed by atoms with Crippen molar-refractivity contribution >= 4 is 22.7 Å². The molecule has 2 heterocycles. The van der Waals surface area contributed by atoms with Gasteiger partial charge in [0.1, 0.15) is 5.75 Å². The average molecular weight is 375 g/mol. The number of aromatic nitrogens is 3. The van der Waals surface area contributed by atoms with Crippen LogP contribution in [0, 0.1) is 0 Å². The fourth-order valence-corrected chi connectivity index (χ4v) is 3.82. The summed E-state index contributed by atoms with van der Waals surface area (Å²) in [5.41, 5.74) is 2.37. The molecule has 0 bridgehead atoms. The first-order valence-corrected chi connectivity index (χ1v) is 9.43. The summed E-state index contributed by atoms with van der Waals surface area (Å²) in [5.74, 6) is 1.31. The minimum atomic E-state index is -0.109. The Kier molecular flexibility index (Phi) is 4.89. The SMILES string of the molecule is COc1ccccc1-n1c(SCc2ccncc2)nc2ccccc2c1=O. The molecule has 0 saturated heterocycles. The van der Waals surface area contributed by atoms with Crippen molar-refractivity contribution < 1.29 is 4.74 Å². The van der Waals surface area contributed by atoms with E-state index in [1.54, 1.807) is 30.1 Å². The normalized spacial score (nSPS) is 10.9. The summed E-state index contributed by atoms with van der Waals surface area (Å²) in [4.78, 5) is 22.1. The molecular weight excluding hydrogens is 358 g/mol. The molecule has 2 aromatic heterocycles. The van der Waals surface area contributed by atoms with Crippen LogP contribution in [-0.4, -0.2) is 21.6 Å². The first kappa shape index (κ1) is 17.3. The fourth-order valence-electron chi connectivity index (χ4n) is 2.86. The van der Waals surface area contributed by atoms with Crippen molar-refractivity contribution in [3.05, 3.63) is 89.0 Å². The third kappa shape index (κ3) is 3.44. The Balaban J connectivity index is 1.89. The fraction of sp³-hybridized carbons (Fsp3) is 0.0952. The minimum absolute atomic E-state index is 0.109. The van der Waals surface area contributed by atoms with Gasteiger partial charge in [-0.1, -0.05) is 36.0 Å². The van der Waals surface area contributed by atoms with E-state index in [2.05, 4.69) is 4.98 Å². The maximum Gasteiger partial charge on any atom is 0.266 e. The van der Waals surface area contributed by atoms with Crippen molar-refractivity contribution in [2.75, 3.05) is 7.11 Å². The molecule has 0 radical (unpaired) electrons. The predicted molar refractivity (Wildman–Crippen MR) is 108 cm³/mol. The molecule has 0 fully saturated rings. The van der Waals surface area contributed by atoms with Gasteiger partial charge in [-0.15, -0.1) is 0 Å². The van der Waals surface area contributed by atoms with Crippen LogP contribution in [0.3, 0.4) is 0 Å². The number of fused-ring (bicyclic) bond motifs is 1. The number of rotatable bonds is 5. The Bertz CT molecular complexity index is 1140. The molecule has 0 aliphatic rings. The molecule has 0 aliphatic carbocycles. The number of thioether (sulfide) groups is 1. The Morgan fingerprint density at radius 3 is 2.56 bits per heavy atom. The monoisotopic (exact) mass is 375 g/mol. The third-order valence-electron chi connectivity index (χ3n) is 4.19. The van der Waals surface area contributed by atoms with Crippen LogP contribution in [0.4, 0.5) is 0 Å². The lowest BCUT2D eigenvalue weighted by atomic mass is 10.2. The molecule has 2 aromatic carbocycles. The van der Waals surface area contributed by atoms with Gasteiger partial charge in [0.05, 0.1) is 23.7 Å². The zero-order valence-corrected chi connectivity index (χ0v) is 15.5. The topological polar surface area (TPSA) is 57.0 Å². The van der Waals surface area contributed by atoms with Crippen LogP contribution < -0.4 is 10.3 Å². The quantitative estimate of drug-likeness (QED) is 0.389. The van der Waals surface area contributed by atoms with Crippen LogP contribution in [0.2, 0.25) is 0 Å². The van der Waals surface area contributed by atoms with Crippen LogP contribution >= 0.6 is 11.8 Å². The average Bonchev–Trinajstić information content (AvgIpc) is 2.73. The highest BCUT2D eigenvalue weighted by Gasteiger charge is 2.16. The Hall–Kier alpha value is -3.12. The van der Waals surface area contributed by atoms with Crippen molar-refractivity contribution in [2.45, 2.75) is 10.9 Å². The summed E-state index contributed by atoms with van der Waals surface area (Å²) in [5, 5.41) is 1.21. The van der Waals surface area contributed by atoms with Gasteiger partial charge in [0.2, 0.25) is 0 Å². The first-order chi connectivity index (χ1) is 13.3. The number of ether oxygens (including phenoxy) is 1. The van der Waals surface area contributed by atoms with Crippen LogP contribution in [-0.2, 0) is 5.75 Å². The molecule has 0 atom stereocenters. The summed E-state index contributed by atoms with van der Waals surface area (Å²) in [6.07, 6.45) is 3.52. The molecule has 0 amide bonds. The van der Waals surface area contributed by atoms with Gasteiger partial charge in [0.15, 0.2) is 5.16 Å². The van der Waals surface area contributed by atoms with E-state index in [4.69, 9.17) is 9.72 Å². The second-order valence-corrected chi connectivity index (χ2v) is 6.81. The standard InChI is InChI=1S/C21H17N3O2S/c1-26-19-9-5-4-8-18(19)24-20(25)16-6-2-3-7-17(16)23-21(24)27-14-15-10-12-22-13-11-15/h2-13H,14H2,1H3. The van der Waals surface area contributed by atoms with Crippen molar-refractivity contribution in [2.24, 2.45) is 0 Å². The van der Waals surface area contributed by atoms with E-state index in [0.717, 1.165) is 5.56 Å². The molecule has 0 spiro atoms. The van der Waals surface area contributed by atoms with E-state index in [1.165, 1.54) is 11.8 Å². The van der Waals surface area contributed by atoms with Gasteiger partial charge in [-0.3, -0.25) is 14.3 Å². The summed E-state index contributed by atoms with van der Waals surface area (Å²) < 4.78 is 7.11. The maximum atomic E-state index is 13.3. The smallest absolute Gasteiger partial charge is 0.266 e. The Morgan fingerprint density at radius 1 is 1.00 bits per heavy atom. The molecule has 5 nitrogen and oxygen atoms in total. The summed E-state index contributed by atoms with van der Waals surface area (Å²) in [6.45, 7) is 0. The van der Waals surface area contributed by atoms with Gasteiger partial charge in [-0.2, -0.15) is 0 Å². The van der Waals surface area contributed by atoms with Crippen LogP contribution in [0.5, 0.6) is 5.75 Å². The van der Waals surface area contributed by atoms with Gasteiger partial charge in [0.25, 0.3) is 5.56 Å². The molecule has 27 heavy (non-hydrogen) atoms. The van der Waals surface area contributed by atoms with E-state index in [9.17, 15) is 4.79 Å². The highest BCUT2D eigenvalue weighted by molar-refractivity contribution is 7.98. The number of hydrogen-bond donors (Lipinski definition) is 0. The number of benzene rings is 2. The number of pyridine rings is 1. The number of nitrogens with zero attached hydrogens (tertiary/aromatic N) is 3. The van der Waals surface area contributed by atoms with E-state index in [0.29, 0.717) is 33.2 Å². The maximum absolute atomic E-state index is 13.3. The lowest BCUT2D eigenvalue weighted by Gasteiger charge is -2.15. The third-order valence-corrected chi connectivity index (χ3v) is 5.20. The Labute approximate surface area is 160 Å². The molecule has 0 aliphatic heterocycles. The van der Waals surface area contributed by atoms with Crippen LogP contribution in [0.1, 0.15) is 5.56 Å². The molecule has 0 saturated carbocycles. The molecule has 6 heteroatoms. The second-order valence-electron chi connectivity index (χ2n) is 5.87. The van der Waals surface area contributed by atoms with Crippen LogP contribution in [0.25, 0.3) is 16.6 Å². The zero-order chi connectivity index (χ0) is 18.6. The van der Waals surface area contributed by atoms with Gasteiger partial charge >= 0.3 is 0 Å². The molecule has 4 aromatic rings. The second kappa shape index (κ2) is 7.63. The van der Waals surface area contributed by atoms with Gasteiger partial charge in [-0.05, 0) is 42.0 Å². The van der Waals surface area contributed by atoms with Crippen molar-refractivity contribution in [1.29, 1.82) is 0 Å². The number of methoxy groups -OCH3 is 1. The van der Waals surface area contributed by atoms with Gasteiger partial charge < -0.3 is 4.74 Å². The van der Waals surface area contributed by atoms with E-state index in [1.807, 2.05) is 54.6 Å². The number of para-hydroxylation sites is 3. The van der Waals surface area contributed by atoms with Crippen LogP contribution in [0.15, 0.2) is 83.0 Å². The van der Waals surface area contributed by atoms with Gasteiger partial charge in [0, 0.05) is 18.1 Å². The van der Waals surface area contributed by atoms with Crippen molar-refractivity contribution in [3.8, 4) is 11.4 Å². The molecular formula is C21H17N3O2S. The van der Waals surface area contributed by atoms with Gasteiger partial charge in [-0.25, -0.2) is 4.98 Å². The molecule has 134 valence electrons. The summed E-state index contributed by atoms with van der Waals surface area (Å²) in [6, 6.07) is 18.8. The summed E-state index contributed by atoms with van der Waals surface area (Å²) in [7, 11) is 1.60. The Morgan fingerprint density at radius 2 is 1.74 bits per heavy atom. The zero-order valence-electron chi connectivity index (χ0n) is 14.7. The predicted octanol–water partition coefficient (Wildman–Crippen LogP) is 4.08. The molecule has 0 N–H and O–H groups in total. The minimum Gasteiger partial charge on any atom is -0.495 e.